The van der Waals surface area contributed by atoms with Crippen LogP contribution in [0.15, 0.2) is 58.8 Å². The first-order valence-electron chi connectivity index (χ1n) is 14.1. The zero-order valence-corrected chi connectivity index (χ0v) is 23.7. The molecule has 34 heavy (non-hydrogen) atoms. The van der Waals surface area contributed by atoms with Crippen molar-refractivity contribution in [3.8, 4) is 0 Å². The molecular formula is C30H50N2S2+2. The van der Waals surface area contributed by atoms with E-state index in [4.69, 9.17) is 0 Å². The molecule has 0 aliphatic heterocycles. The lowest BCUT2D eigenvalue weighted by molar-refractivity contribution is -0.697. The van der Waals surface area contributed by atoms with Gasteiger partial charge in [-0.25, -0.2) is 9.13 Å². The average molecular weight is 503 g/mol. The number of aryl methyl sites for hydroxylation is 2. The molecule has 4 heteroatoms. The van der Waals surface area contributed by atoms with Gasteiger partial charge < -0.3 is 0 Å². The highest BCUT2D eigenvalue weighted by Gasteiger charge is 2.04. The summed E-state index contributed by atoms with van der Waals surface area (Å²) in [5.41, 5.74) is 0. The zero-order valence-electron chi connectivity index (χ0n) is 22.1. The number of rotatable bonds is 21. The van der Waals surface area contributed by atoms with Gasteiger partial charge in [-0.3, -0.25) is 0 Å². The summed E-state index contributed by atoms with van der Waals surface area (Å²) in [6.07, 6.45) is 28.0. The maximum atomic E-state index is 2.34. The molecule has 0 aromatic carbocycles. The summed E-state index contributed by atoms with van der Waals surface area (Å²) in [5, 5.41) is 0. The first-order valence-corrected chi connectivity index (χ1v) is 16.0. The fraction of sp³-hybridized carbons (Fsp3) is 0.667. The molecule has 2 aromatic heterocycles. The number of hydrogen-bond donors (Lipinski definition) is 0. The van der Waals surface area contributed by atoms with Crippen LogP contribution in [0.25, 0.3) is 0 Å². The summed E-state index contributed by atoms with van der Waals surface area (Å²) >= 11 is 4.00. The molecular weight excluding hydrogens is 452 g/mol. The largest absolute Gasteiger partial charge is 0.205 e. The van der Waals surface area contributed by atoms with Crippen LogP contribution in [0, 0.1) is 0 Å². The summed E-state index contributed by atoms with van der Waals surface area (Å²) in [6.45, 7) is 6.88. The van der Waals surface area contributed by atoms with E-state index in [2.05, 4.69) is 72.0 Å². The Labute approximate surface area is 219 Å². The van der Waals surface area contributed by atoms with Crippen molar-refractivity contribution in [1.29, 1.82) is 0 Å². The molecule has 0 saturated heterocycles. The van der Waals surface area contributed by atoms with Crippen LogP contribution in [0.2, 0.25) is 0 Å². The van der Waals surface area contributed by atoms with Crippen LogP contribution in [0.4, 0.5) is 0 Å². The molecule has 2 rings (SSSR count). The number of nitrogens with zero attached hydrogens (tertiary/aromatic N) is 2. The Hall–Kier alpha value is -1.00. The smallest absolute Gasteiger partial charge is 0.169 e. The first-order chi connectivity index (χ1) is 16.8. The fourth-order valence-electron chi connectivity index (χ4n) is 4.11. The van der Waals surface area contributed by atoms with Gasteiger partial charge in [-0.1, -0.05) is 65.2 Å². The normalized spacial score (nSPS) is 11.2. The molecule has 0 atom stereocenters. The number of unbranched alkanes of at least 4 members (excludes halogenated alkanes) is 11. The Bertz CT molecular complexity index is 652. The summed E-state index contributed by atoms with van der Waals surface area (Å²) in [7, 11) is 0. The van der Waals surface area contributed by atoms with Gasteiger partial charge in [0.1, 0.15) is 13.1 Å². The van der Waals surface area contributed by atoms with E-state index < -0.39 is 0 Å². The Morgan fingerprint density at radius 3 is 1.21 bits per heavy atom. The number of aromatic nitrogens is 2. The predicted octanol–water partition coefficient (Wildman–Crippen LogP) is 8.65. The van der Waals surface area contributed by atoms with Crippen molar-refractivity contribution < 1.29 is 9.13 Å². The van der Waals surface area contributed by atoms with Crippen molar-refractivity contribution >= 4 is 23.5 Å². The second-order valence-electron chi connectivity index (χ2n) is 9.48. The van der Waals surface area contributed by atoms with Crippen LogP contribution in [-0.4, -0.2) is 11.5 Å². The zero-order chi connectivity index (χ0) is 24.1. The molecule has 2 nitrogen and oxygen atoms in total. The van der Waals surface area contributed by atoms with Crippen molar-refractivity contribution in [1.82, 2.24) is 0 Å². The van der Waals surface area contributed by atoms with Gasteiger partial charge in [0.15, 0.2) is 24.8 Å². The van der Waals surface area contributed by atoms with Crippen LogP contribution >= 0.6 is 23.5 Å². The topological polar surface area (TPSA) is 7.76 Å². The fourth-order valence-corrected chi connectivity index (χ4v) is 5.91. The minimum Gasteiger partial charge on any atom is -0.205 e. The van der Waals surface area contributed by atoms with Gasteiger partial charge in [0.05, 0.1) is 0 Å². The maximum absolute atomic E-state index is 2.34. The first kappa shape index (κ1) is 29.2. The maximum Gasteiger partial charge on any atom is 0.169 e. The quantitative estimate of drug-likeness (QED) is 0.0958. The van der Waals surface area contributed by atoms with Gasteiger partial charge in [-0.2, -0.15) is 0 Å². The molecule has 0 N–H and O–H groups in total. The summed E-state index contributed by atoms with van der Waals surface area (Å²) in [5.74, 6) is 2.43. The van der Waals surface area contributed by atoms with Gasteiger partial charge >= 0.3 is 0 Å². The average Bonchev–Trinajstić information content (AvgIpc) is 2.87. The minimum absolute atomic E-state index is 1.16. The molecule has 0 unspecified atom stereocenters. The molecule has 0 fully saturated rings. The summed E-state index contributed by atoms with van der Waals surface area (Å²) < 4.78 is 4.69. The Morgan fingerprint density at radius 2 is 0.824 bits per heavy atom. The van der Waals surface area contributed by atoms with E-state index in [-0.39, 0.29) is 0 Å². The number of hydrogen-bond acceptors (Lipinski definition) is 2. The van der Waals surface area contributed by atoms with Gasteiger partial charge in [0.2, 0.25) is 0 Å². The van der Waals surface area contributed by atoms with E-state index in [9.17, 15) is 0 Å². The molecule has 0 aliphatic rings. The number of thioether (sulfide) groups is 2. The highest BCUT2D eigenvalue weighted by molar-refractivity contribution is 7.99. The molecule has 0 spiro atoms. The predicted molar refractivity (Wildman–Crippen MR) is 151 cm³/mol. The Morgan fingerprint density at radius 1 is 0.471 bits per heavy atom. The van der Waals surface area contributed by atoms with Gasteiger partial charge in [0, 0.05) is 46.9 Å². The SMILES string of the molecule is CCCCCCCC[n+]1ccc(SCCCCSc2cc[n+](CCCCCCCC)cc2)cc1. The van der Waals surface area contributed by atoms with Crippen molar-refractivity contribution in [3.05, 3.63) is 49.1 Å². The molecule has 2 aromatic rings. The Kier molecular flexibility index (Phi) is 17.4. The second kappa shape index (κ2) is 20.2. The monoisotopic (exact) mass is 502 g/mol. The highest BCUT2D eigenvalue weighted by Crippen LogP contribution is 2.21. The van der Waals surface area contributed by atoms with Crippen molar-refractivity contribution in [2.24, 2.45) is 0 Å². The molecule has 0 saturated carbocycles. The van der Waals surface area contributed by atoms with E-state index >= 15 is 0 Å². The van der Waals surface area contributed by atoms with Crippen LogP contribution in [0.1, 0.15) is 104 Å². The lowest BCUT2D eigenvalue weighted by Gasteiger charge is -2.03. The standard InChI is InChI=1S/C30H50N2S2/c1-3-5-7-9-11-13-21-31-23-17-29(18-24-31)33-27-15-16-28-34-30-19-25-32(26-20-30)22-14-12-10-8-6-4-2/h17-20,23-26H,3-16,21-22,27-28H2,1-2H3/q+2. The lowest BCUT2D eigenvalue weighted by atomic mass is 10.1. The molecule has 2 heterocycles. The second-order valence-corrected chi connectivity index (χ2v) is 11.8. The summed E-state index contributed by atoms with van der Waals surface area (Å²) in [6, 6.07) is 9.17. The van der Waals surface area contributed by atoms with E-state index in [1.54, 1.807) is 0 Å². The van der Waals surface area contributed by atoms with Crippen LogP contribution in [-0.2, 0) is 13.1 Å². The lowest BCUT2D eigenvalue weighted by Crippen LogP contribution is -2.32. The van der Waals surface area contributed by atoms with Crippen molar-refractivity contribution in [3.63, 3.8) is 0 Å². The van der Waals surface area contributed by atoms with E-state index in [0.717, 1.165) is 13.1 Å². The molecule has 0 bridgehead atoms. The van der Waals surface area contributed by atoms with Gasteiger partial charge in [-0.05, 0) is 37.2 Å². The molecule has 0 aliphatic carbocycles. The molecule has 0 amide bonds. The van der Waals surface area contributed by atoms with Crippen LogP contribution in [0.3, 0.4) is 0 Å². The van der Waals surface area contributed by atoms with E-state index in [0.29, 0.717) is 0 Å². The highest BCUT2D eigenvalue weighted by atomic mass is 32.2. The summed E-state index contributed by atoms with van der Waals surface area (Å²) in [4.78, 5) is 2.81. The molecule has 0 radical (unpaired) electrons. The van der Waals surface area contributed by atoms with Crippen LogP contribution in [0.5, 0.6) is 0 Å². The molecule has 190 valence electrons. The third-order valence-electron chi connectivity index (χ3n) is 6.34. The van der Waals surface area contributed by atoms with Gasteiger partial charge in [0.25, 0.3) is 0 Å². The van der Waals surface area contributed by atoms with E-state index in [1.807, 2.05) is 23.5 Å². The Balaban J connectivity index is 1.48. The van der Waals surface area contributed by atoms with Crippen molar-refractivity contribution in [2.75, 3.05) is 11.5 Å². The van der Waals surface area contributed by atoms with Gasteiger partial charge in [-0.15, -0.1) is 23.5 Å². The van der Waals surface area contributed by atoms with Crippen LogP contribution < -0.4 is 9.13 Å². The third kappa shape index (κ3) is 14.4. The van der Waals surface area contributed by atoms with Crippen molar-refractivity contribution in [2.45, 2.75) is 127 Å². The minimum atomic E-state index is 1.16. The number of pyridine rings is 2. The van der Waals surface area contributed by atoms with E-state index in [1.165, 1.54) is 111 Å². The third-order valence-corrected chi connectivity index (χ3v) is 8.53.